The molecule has 0 unspecified atom stereocenters. The first-order valence-electron chi connectivity index (χ1n) is 6.26. The molecule has 0 aliphatic carbocycles. The number of para-hydroxylation sites is 1. The Morgan fingerprint density at radius 1 is 1.39 bits per heavy atom. The smallest absolute Gasteiger partial charge is 0.227 e. The molecule has 1 amide bonds. The maximum absolute atomic E-state index is 12.2. The molecule has 1 N–H and O–H groups in total. The van der Waals surface area contributed by atoms with Gasteiger partial charge in [0.2, 0.25) is 5.91 Å². The number of carbonyl (C=O) groups excluding carboxylic acids is 1. The van der Waals surface area contributed by atoms with Gasteiger partial charge in [-0.25, -0.2) is 0 Å². The average molecular weight is 265 g/mol. The van der Waals surface area contributed by atoms with E-state index in [1.807, 2.05) is 18.2 Å². The van der Waals surface area contributed by atoms with Crippen LogP contribution < -0.4 is 5.32 Å². The fraction of sp³-hybridized carbons (Fsp3) is 0.500. The van der Waals surface area contributed by atoms with Crippen LogP contribution in [0.2, 0.25) is 0 Å². The maximum atomic E-state index is 12.2. The highest BCUT2D eigenvalue weighted by Gasteiger charge is 2.21. The van der Waals surface area contributed by atoms with E-state index >= 15 is 0 Å². The molecule has 3 nitrogen and oxygen atoms in total. The molecule has 1 heterocycles. The van der Waals surface area contributed by atoms with Crippen molar-refractivity contribution in [2.24, 2.45) is 5.92 Å². The molecular formula is C14H19NO2S. The first-order chi connectivity index (χ1) is 8.81. The summed E-state index contributed by atoms with van der Waals surface area (Å²) in [5.41, 5.74) is 2.13. The number of nitrogens with one attached hydrogen (secondary N) is 1. The summed E-state index contributed by atoms with van der Waals surface area (Å²) in [6.07, 6.45) is 3.73. The minimum atomic E-state index is 0.0982. The van der Waals surface area contributed by atoms with Crippen molar-refractivity contribution in [3.8, 4) is 0 Å². The standard InChI is InChI=1S/C14H19NO2S/c1-18-10-12-4-2-3-5-13(12)15-14(16)11-6-8-17-9-7-11/h2-5,11H,6-10H2,1H3,(H,15,16). The number of rotatable bonds is 4. The lowest BCUT2D eigenvalue weighted by molar-refractivity contribution is -0.122. The van der Waals surface area contributed by atoms with Crippen LogP contribution in [0.1, 0.15) is 18.4 Å². The Morgan fingerprint density at radius 3 is 2.83 bits per heavy atom. The summed E-state index contributed by atoms with van der Waals surface area (Å²) in [5.74, 6) is 1.15. The molecule has 98 valence electrons. The van der Waals surface area contributed by atoms with E-state index in [-0.39, 0.29) is 11.8 Å². The van der Waals surface area contributed by atoms with Gasteiger partial charge in [0.05, 0.1) is 0 Å². The van der Waals surface area contributed by atoms with Gasteiger partial charge in [-0.1, -0.05) is 18.2 Å². The zero-order chi connectivity index (χ0) is 12.8. The highest BCUT2D eigenvalue weighted by Crippen LogP contribution is 2.22. The van der Waals surface area contributed by atoms with Gasteiger partial charge in [-0.2, -0.15) is 11.8 Å². The molecule has 1 fully saturated rings. The van der Waals surface area contributed by atoms with Gasteiger partial charge in [-0.3, -0.25) is 4.79 Å². The van der Waals surface area contributed by atoms with Crippen LogP contribution in [-0.2, 0) is 15.3 Å². The third-order valence-electron chi connectivity index (χ3n) is 3.17. The quantitative estimate of drug-likeness (QED) is 0.909. The van der Waals surface area contributed by atoms with Gasteiger partial charge in [0.15, 0.2) is 0 Å². The van der Waals surface area contributed by atoms with E-state index < -0.39 is 0 Å². The number of benzene rings is 1. The molecule has 0 spiro atoms. The van der Waals surface area contributed by atoms with E-state index in [9.17, 15) is 4.79 Å². The van der Waals surface area contributed by atoms with Crippen molar-refractivity contribution in [2.45, 2.75) is 18.6 Å². The van der Waals surface area contributed by atoms with Gasteiger partial charge < -0.3 is 10.1 Å². The van der Waals surface area contributed by atoms with Gasteiger partial charge in [0, 0.05) is 30.6 Å². The molecule has 2 rings (SSSR count). The maximum Gasteiger partial charge on any atom is 0.227 e. The average Bonchev–Trinajstić information content (AvgIpc) is 2.42. The van der Waals surface area contributed by atoms with Crippen LogP contribution >= 0.6 is 11.8 Å². The molecule has 0 atom stereocenters. The molecule has 1 aromatic rings. The Kier molecular flexibility index (Phi) is 5.08. The second kappa shape index (κ2) is 6.81. The van der Waals surface area contributed by atoms with Crippen molar-refractivity contribution in [3.63, 3.8) is 0 Å². The lowest BCUT2D eigenvalue weighted by Crippen LogP contribution is -2.28. The molecule has 1 aliphatic rings. The van der Waals surface area contributed by atoms with Gasteiger partial charge >= 0.3 is 0 Å². The Hall–Kier alpha value is -1.00. The second-order valence-electron chi connectivity index (χ2n) is 4.47. The van der Waals surface area contributed by atoms with E-state index in [1.165, 1.54) is 5.56 Å². The molecule has 0 aromatic heterocycles. The van der Waals surface area contributed by atoms with Crippen LogP contribution in [0.25, 0.3) is 0 Å². The van der Waals surface area contributed by atoms with Crippen molar-refractivity contribution >= 4 is 23.4 Å². The Morgan fingerprint density at radius 2 is 2.11 bits per heavy atom. The highest BCUT2D eigenvalue weighted by atomic mass is 32.2. The van der Waals surface area contributed by atoms with E-state index in [0.717, 1.165) is 24.3 Å². The molecule has 1 aromatic carbocycles. The predicted molar refractivity (Wildman–Crippen MR) is 75.8 cm³/mol. The lowest BCUT2D eigenvalue weighted by atomic mass is 9.99. The minimum Gasteiger partial charge on any atom is -0.381 e. The van der Waals surface area contributed by atoms with Gasteiger partial charge in [0.1, 0.15) is 0 Å². The topological polar surface area (TPSA) is 38.3 Å². The molecule has 1 aliphatic heterocycles. The van der Waals surface area contributed by atoms with Gasteiger partial charge in [-0.05, 0) is 30.7 Å². The van der Waals surface area contributed by atoms with Crippen LogP contribution in [0.5, 0.6) is 0 Å². The summed E-state index contributed by atoms with van der Waals surface area (Å²) < 4.78 is 5.28. The van der Waals surface area contributed by atoms with Crippen molar-refractivity contribution in [2.75, 3.05) is 24.8 Å². The molecular weight excluding hydrogens is 246 g/mol. The Labute approximate surface area is 112 Å². The fourth-order valence-electron chi connectivity index (χ4n) is 2.12. The molecule has 0 bridgehead atoms. The lowest BCUT2D eigenvalue weighted by Gasteiger charge is -2.21. The Balaban J connectivity index is 2.01. The molecule has 18 heavy (non-hydrogen) atoms. The van der Waals surface area contributed by atoms with Crippen molar-refractivity contribution in [1.29, 1.82) is 0 Å². The van der Waals surface area contributed by atoms with Crippen LogP contribution in [0.3, 0.4) is 0 Å². The van der Waals surface area contributed by atoms with Gasteiger partial charge in [0.25, 0.3) is 0 Å². The Bertz CT molecular complexity index is 403. The number of ether oxygens (including phenoxy) is 1. The largest absolute Gasteiger partial charge is 0.381 e. The van der Waals surface area contributed by atoms with Crippen molar-refractivity contribution in [1.82, 2.24) is 0 Å². The monoisotopic (exact) mass is 265 g/mol. The SMILES string of the molecule is CSCc1ccccc1NC(=O)C1CCOCC1. The van der Waals surface area contributed by atoms with Crippen LogP contribution in [0, 0.1) is 5.92 Å². The molecule has 1 saturated heterocycles. The van der Waals surface area contributed by atoms with E-state index in [4.69, 9.17) is 4.74 Å². The van der Waals surface area contributed by atoms with E-state index in [0.29, 0.717) is 13.2 Å². The summed E-state index contributed by atoms with van der Waals surface area (Å²) in [4.78, 5) is 12.2. The van der Waals surface area contributed by atoms with Crippen LogP contribution in [-0.4, -0.2) is 25.4 Å². The van der Waals surface area contributed by atoms with Gasteiger partial charge in [-0.15, -0.1) is 0 Å². The van der Waals surface area contributed by atoms with Crippen molar-refractivity contribution in [3.05, 3.63) is 29.8 Å². The highest BCUT2D eigenvalue weighted by molar-refractivity contribution is 7.97. The third-order valence-corrected chi connectivity index (χ3v) is 3.77. The summed E-state index contributed by atoms with van der Waals surface area (Å²) in [7, 11) is 0. The first-order valence-corrected chi connectivity index (χ1v) is 7.66. The van der Waals surface area contributed by atoms with E-state index in [1.54, 1.807) is 11.8 Å². The summed E-state index contributed by atoms with van der Waals surface area (Å²) in [5, 5.41) is 3.06. The number of amides is 1. The number of hydrogen-bond acceptors (Lipinski definition) is 3. The first kappa shape index (κ1) is 13.4. The summed E-state index contributed by atoms with van der Waals surface area (Å²) in [6, 6.07) is 8.01. The number of thioether (sulfide) groups is 1. The molecule has 0 radical (unpaired) electrons. The zero-order valence-corrected chi connectivity index (χ0v) is 11.5. The second-order valence-corrected chi connectivity index (χ2v) is 5.33. The predicted octanol–water partition coefficient (Wildman–Crippen LogP) is 2.91. The number of carbonyl (C=O) groups is 1. The van der Waals surface area contributed by atoms with Crippen LogP contribution in [0.15, 0.2) is 24.3 Å². The van der Waals surface area contributed by atoms with Crippen LogP contribution in [0.4, 0.5) is 5.69 Å². The fourth-order valence-corrected chi connectivity index (χ4v) is 2.68. The normalized spacial score (nSPS) is 16.5. The zero-order valence-electron chi connectivity index (χ0n) is 10.6. The summed E-state index contributed by atoms with van der Waals surface area (Å²) >= 11 is 1.76. The number of hydrogen-bond donors (Lipinski definition) is 1. The van der Waals surface area contributed by atoms with E-state index in [2.05, 4.69) is 17.6 Å². The molecule has 0 saturated carbocycles. The summed E-state index contributed by atoms with van der Waals surface area (Å²) in [6.45, 7) is 1.40. The van der Waals surface area contributed by atoms with Crippen molar-refractivity contribution < 1.29 is 9.53 Å². The molecule has 4 heteroatoms. The number of anilines is 1. The third kappa shape index (κ3) is 3.50. The minimum absolute atomic E-state index is 0.0982.